The Morgan fingerprint density at radius 2 is 1.74 bits per heavy atom. The van der Waals surface area contributed by atoms with Crippen LogP contribution in [0.15, 0.2) is 54.7 Å². The van der Waals surface area contributed by atoms with Crippen molar-refractivity contribution < 1.29 is 4.79 Å². The van der Waals surface area contributed by atoms with Gasteiger partial charge in [0.2, 0.25) is 0 Å². The van der Waals surface area contributed by atoms with Crippen molar-refractivity contribution in [2.24, 2.45) is 5.92 Å². The lowest BCUT2D eigenvalue weighted by Gasteiger charge is -2.19. The third-order valence-corrected chi connectivity index (χ3v) is 4.85. The number of fused-ring (bicyclic) bond motifs is 1. The zero-order chi connectivity index (χ0) is 15.6. The van der Waals surface area contributed by atoms with Gasteiger partial charge in [0, 0.05) is 11.5 Å². The van der Waals surface area contributed by atoms with E-state index in [0.29, 0.717) is 0 Å². The monoisotopic (exact) mass is 304 g/mol. The number of nitrogens with zero attached hydrogens (tertiary/aromatic N) is 2. The minimum absolute atomic E-state index is 0.178. The number of aromatic nitrogens is 2. The molecule has 3 heteroatoms. The largest absolute Gasteiger partial charge is 0.294 e. The fourth-order valence-corrected chi connectivity index (χ4v) is 3.61. The highest BCUT2D eigenvalue weighted by molar-refractivity contribution is 6.03. The molecule has 0 N–H and O–H groups in total. The first kappa shape index (κ1) is 14.2. The molecule has 0 amide bonds. The molecule has 0 bridgehead atoms. The highest BCUT2D eigenvalue weighted by Gasteiger charge is 2.25. The number of hydrogen-bond acceptors (Lipinski definition) is 2. The maximum atomic E-state index is 12.9. The molecule has 1 fully saturated rings. The minimum Gasteiger partial charge on any atom is -0.294 e. The summed E-state index contributed by atoms with van der Waals surface area (Å²) in [5, 5.41) is 4.51. The van der Waals surface area contributed by atoms with Gasteiger partial charge >= 0.3 is 0 Å². The number of hydrogen-bond donors (Lipinski definition) is 0. The van der Waals surface area contributed by atoms with Crippen LogP contribution in [0.2, 0.25) is 0 Å². The van der Waals surface area contributed by atoms with E-state index in [2.05, 4.69) is 17.2 Å². The molecule has 2 aromatic heterocycles. The number of carbonyl (C=O) groups excluding carboxylic acids is 1. The Labute approximate surface area is 136 Å². The number of Topliss-reactive ketones (excluding diaryl/α,β-unsaturated/α-hetero) is 1. The second-order valence-electron chi connectivity index (χ2n) is 6.33. The van der Waals surface area contributed by atoms with Gasteiger partial charge < -0.3 is 0 Å². The zero-order valence-corrected chi connectivity index (χ0v) is 13.1. The first-order valence-corrected chi connectivity index (χ1v) is 8.41. The molecule has 1 aliphatic rings. The van der Waals surface area contributed by atoms with Crippen molar-refractivity contribution in [3.63, 3.8) is 0 Å². The molecule has 0 aliphatic heterocycles. The van der Waals surface area contributed by atoms with Crippen molar-refractivity contribution in [2.45, 2.75) is 32.1 Å². The summed E-state index contributed by atoms with van der Waals surface area (Å²) in [5.74, 6) is 0.446. The highest BCUT2D eigenvalue weighted by atomic mass is 16.1. The number of carbonyl (C=O) groups is 1. The average Bonchev–Trinajstić information content (AvgIpc) is 3.06. The molecule has 1 aliphatic carbocycles. The molecule has 0 saturated heterocycles. The minimum atomic E-state index is 0.178. The third-order valence-electron chi connectivity index (χ3n) is 4.85. The Kier molecular flexibility index (Phi) is 3.70. The summed E-state index contributed by atoms with van der Waals surface area (Å²) >= 11 is 0. The molecule has 1 aromatic carbocycles. The van der Waals surface area contributed by atoms with Gasteiger partial charge in [-0.05, 0) is 25.0 Å². The molecule has 23 heavy (non-hydrogen) atoms. The smallest absolute Gasteiger partial charge is 0.169 e. The fourth-order valence-electron chi connectivity index (χ4n) is 3.61. The lowest BCUT2D eigenvalue weighted by molar-refractivity contribution is 0.0891. The molecule has 3 nitrogen and oxygen atoms in total. The molecule has 116 valence electrons. The SMILES string of the molecule is O=C(c1cnn2c(-c3ccccc3)cccc12)C1CCCCC1. The van der Waals surface area contributed by atoms with Gasteiger partial charge in [0.15, 0.2) is 5.78 Å². The molecular weight excluding hydrogens is 284 g/mol. The highest BCUT2D eigenvalue weighted by Crippen LogP contribution is 2.29. The molecule has 0 spiro atoms. The normalized spacial score (nSPS) is 15.8. The molecular formula is C20H20N2O. The molecule has 0 atom stereocenters. The van der Waals surface area contributed by atoms with Gasteiger partial charge in [-0.25, -0.2) is 4.52 Å². The first-order valence-electron chi connectivity index (χ1n) is 8.41. The van der Waals surface area contributed by atoms with E-state index in [1.807, 2.05) is 40.9 Å². The van der Waals surface area contributed by atoms with Crippen molar-refractivity contribution in [3.05, 3.63) is 60.3 Å². The van der Waals surface area contributed by atoms with E-state index in [0.717, 1.165) is 35.2 Å². The molecule has 2 heterocycles. The van der Waals surface area contributed by atoms with Crippen LogP contribution in [0, 0.1) is 5.92 Å². The second-order valence-corrected chi connectivity index (χ2v) is 6.33. The van der Waals surface area contributed by atoms with Crippen molar-refractivity contribution in [3.8, 4) is 11.3 Å². The Balaban J connectivity index is 1.77. The van der Waals surface area contributed by atoms with E-state index in [4.69, 9.17) is 0 Å². The number of benzene rings is 1. The van der Waals surface area contributed by atoms with Crippen LogP contribution in [0.5, 0.6) is 0 Å². The summed E-state index contributed by atoms with van der Waals surface area (Å²) in [7, 11) is 0. The number of pyridine rings is 1. The van der Waals surface area contributed by atoms with Gasteiger partial charge in [-0.1, -0.05) is 55.7 Å². The van der Waals surface area contributed by atoms with Crippen molar-refractivity contribution in [1.82, 2.24) is 9.61 Å². The van der Waals surface area contributed by atoms with E-state index < -0.39 is 0 Å². The summed E-state index contributed by atoms with van der Waals surface area (Å²) < 4.78 is 1.89. The molecule has 1 saturated carbocycles. The van der Waals surface area contributed by atoms with Gasteiger partial charge in [0.25, 0.3) is 0 Å². The van der Waals surface area contributed by atoms with E-state index >= 15 is 0 Å². The lowest BCUT2D eigenvalue weighted by Crippen LogP contribution is -2.17. The zero-order valence-electron chi connectivity index (χ0n) is 13.1. The fraction of sp³-hybridized carbons (Fsp3) is 0.300. The standard InChI is InChI=1S/C20H20N2O/c23-20(16-10-5-2-6-11-16)17-14-21-22-18(12-7-13-19(17)22)15-8-3-1-4-9-15/h1,3-4,7-9,12-14,16H,2,5-6,10-11H2. The maximum absolute atomic E-state index is 12.9. The Bertz CT molecular complexity index is 829. The van der Waals surface area contributed by atoms with Crippen LogP contribution in [0.3, 0.4) is 0 Å². The Morgan fingerprint density at radius 1 is 0.957 bits per heavy atom. The molecule has 0 radical (unpaired) electrons. The molecule has 0 unspecified atom stereocenters. The summed E-state index contributed by atoms with van der Waals surface area (Å²) in [6.45, 7) is 0. The van der Waals surface area contributed by atoms with Crippen LogP contribution in [-0.2, 0) is 0 Å². The second kappa shape index (κ2) is 5.99. The van der Waals surface area contributed by atoms with E-state index in [9.17, 15) is 4.79 Å². The topological polar surface area (TPSA) is 34.4 Å². The van der Waals surface area contributed by atoms with Crippen LogP contribution in [0.1, 0.15) is 42.5 Å². The summed E-state index contributed by atoms with van der Waals surface area (Å²) in [5.41, 5.74) is 3.82. The van der Waals surface area contributed by atoms with Gasteiger partial charge in [-0.2, -0.15) is 5.10 Å². The Hall–Kier alpha value is -2.42. The number of ketones is 1. The lowest BCUT2D eigenvalue weighted by atomic mass is 9.84. The first-order chi connectivity index (χ1) is 11.3. The van der Waals surface area contributed by atoms with Crippen LogP contribution >= 0.6 is 0 Å². The van der Waals surface area contributed by atoms with Crippen LogP contribution < -0.4 is 0 Å². The van der Waals surface area contributed by atoms with Crippen molar-refractivity contribution in [2.75, 3.05) is 0 Å². The summed E-state index contributed by atoms with van der Waals surface area (Å²) in [6, 6.07) is 16.2. The van der Waals surface area contributed by atoms with Crippen LogP contribution in [0.25, 0.3) is 16.8 Å². The summed E-state index contributed by atoms with van der Waals surface area (Å²) in [6.07, 6.45) is 7.40. The van der Waals surface area contributed by atoms with Crippen molar-refractivity contribution in [1.29, 1.82) is 0 Å². The van der Waals surface area contributed by atoms with E-state index in [1.54, 1.807) is 6.20 Å². The third kappa shape index (κ3) is 2.56. The molecule has 3 aromatic rings. The van der Waals surface area contributed by atoms with Crippen molar-refractivity contribution >= 4 is 11.3 Å². The average molecular weight is 304 g/mol. The number of rotatable bonds is 3. The maximum Gasteiger partial charge on any atom is 0.169 e. The van der Waals surface area contributed by atoms with Gasteiger partial charge in [0.1, 0.15) is 0 Å². The van der Waals surface area contributed by atoms with Crippen LogP contribution in [-0.4, -0.2) is 15.4 Å². The molecule has 4 rings (SSSR count). The van der Waals surface area contributed by atoms with Gasteiger partial charge in [-0.3, -0.25) is 4.79 Å². The van der Waals surface area contributed by atoms with Gasteiger partial charge in [0.05, 0.1) is 23.0 Å². The van der Waals surface area contributed by atoms with Crippen LogP contribution in [0.4, 0.5) is 0 Å². The van der Waals surface area contributed by atoms with E-state index in [1.165, 1.54) is 19.3 Å². The van der Waals surface area contributed by atoms with Gasteiger partial charge in [-0.15, -0.1) is 0 Å². The predicted octanol–water partition coefficient (Wildman–Crippen LogP) is 4.76. The quantitative estimate of drug-likeness (QED) is 0.654. The summed E-state index contributed by atoms with van der Waals surface area (Å²) in [4.78, 5) is 12.9. The van der Waals surface area contributed by atoms with E-state index in [-0.39, 0.29) is 11.7 Å². The Morgan fingerprint density at radius 3 is 2.52 bits per heavy atom. The predicted molar refractivity (Wildman–Crippen MR) is 91.5 cm³/mol.